The van der Waals surface area contributed by atoms with Gasteiger partial charge < -0.3 is 10.6 Å². The third kappa shape index (κ3) is 3.98. The zero-order chi connectivity index (χ0) is 19.5. The van der Waals surface area contributed by atoms with Crippen molar-refractivity contribution in [2.24, 2.45) is 0 Å². The van der Waals surface area contributed by atoms with Gasteiger partial charge in [-0.1, -0.05) is 30.3 Å². The van der Waals surface area contributed by atoms with Crippen LogP contribution in [0.5, 0.6) is 0 Å². The Kier molecular flexibility index (Phi) is 5.24. The lowest BCUT2D eigenvalue weighted by Gasteiger charge is -2.30. The Labute approximate surface area is 164 Å². The number of benzene rings is 2. The molecule has 1 saturated carbocycles. The van der Waals surface area contributed by atoms with Crippen molar-refractivity contribution >= 4 is 22.6 Å². The van der Waals surface area contributed by atoms with E-state index in [-0.39, 0.29) is 17.5 Å². The molecule has 0 radical (unpaired) electrons. The van der Waals surface area contributed by atoms with Gasteiger partial charge in [0.15, 0.2) is 0 Å². The Morgan fingerprint density at radius 1 is 1.00 bits per heavy atom. The maximum Gasteiger partial charge on any atom is 0.254 e. The number of pyridine rings is 1. The molecule has 144 valence electrons. The fourth-order valence-electron chi connectivity index (χ4n) is 3.92. The van der Waals surface area contributed by atoms with Gasteiger partial charge in [0.1, 0.15) is 11.6 Å². The molecule has 0 aliphatic heterocycles. The number of fused-ring (bicyclic) bond motifs is 1. The second-order valence-corrected chi connectivity index (χ2v) is 7.49. The largest absolute Gasteiger partial charge is 0.367 e. The average Bonchev–Trinajstić information content (AvgIpc) is 2.70. The molecule has 1 aliphatic carbocycles. The van der Waals surface area contributed by atoms with Crippen LogP contribution in [0.15, 0.2) is 54.6 Å². The zero-order valence-corrected chi connectivity index (χ0v) is 15.9. The molecule has 1 amide bonds. The number of aromatic nitrogens is 1. The van der Waals surface area contributed by atoms with Crippen molar-refractivity contribution in [1.29, 1.82) is 0 Å². The van der Waals surface area contributed by atoms with E-state index in [2.05, 4.69) is 29.7 Å². The molecule has 28 heavy (non-hydrogen) atoms. The average molecular weight is 377 g/mol. The van der Waals surface area contributed by atoms with Gasteiger partial charge in [0.05, 0.1) is 11.1 Å². The van der Waals surface area contributed by atoms with Gasteiger partial charge in [-0.2, -0.15) is 0 Å². The molecule has 4 rings (SSSR count). The van der Waals surface area contributed by atoms with E-state index < -0.39 is 5.82 Å². The second kappa shape index (κ2) is 7.97. The number of para-hydroxylation sites is 1. The lowest BCUT2D eigenvalue weighted by molar-refractivity contribution is 0.0922. The SMILES string of the molecule is Cc1cc(NC2CCC(NC(=O)c3ccccc3F)CC2)nc2ccccc12. The maximum absolute atomic E-state index is 13.8. The molecule has 0 atom stereocenters. The quantitative estimate of drug-likeness (QED) is 0.684. The summed E-state index contributed by atoms with van der Waals surface area (Å²) >= 11 is 0. The van der Waals surface area contributed by atoms with Gasteiger partial charge in [-0.25, -0.2) is 9.37 Å². The minimum absolute atomic E-state index is 0.0801. The number of carbonyl (C=O) groups excluding carboxylic acids is 1. The summed E-state index contributed by atoms with van der Waals surface area (Å²) in [5.41, 5.74) is 2.31. The zero-order valence-electron chi connectivity index (χ0n) is 15.9. The second-order valence-electron chi connectivity index (χ2n) is 7.49. The molecular weight excluding hydrogens is 353 g/mol. The van der Waals surface area contributed by atoms with Crippen molar-refractivity contribution in [3.8, 4) is 0 Å². The van der Waals surface area contributed by atoms with Crippen LogP contribution in [0, 0.1) is 12.7 Å². The molecule has 0 unspecified atom stereocenters. The van der Waals surface area contributed by atoms with E-state index in [1.165, 1.54) is 23.1 Å². The maximum atomic E-state index is 13.8. The number of aryl methyl sites for hydroxylation is 1. The first-order valence-electron chi connectivity index (χ1n) is 9.78. The summed E-state index contributed by atoms with van der Waals surface area (Å²) in [4.78, 5) is 17.0. The van der Waals surface area contributed by atoms with Gasteiger partial charge in [0, 0.05) is 17.5 Å². The van der Waals surface area contributed by atoms with Gasteiger partial charge >= 0.3 is 0 Å². The number of anilines is 1. The highest BCUT2D eigenvalue weighted by Gasteiger charge is 2.24. The topological polar surface area (TPSA) is 54.0 Å². The van der Waals surface area contributed by atoms with Crippen molar-refractivity contribution in [1.82, 2.24) is 10.3 Å². The van der Waals surface area contributed by atoms with E-state index >= 15 is 0 Å². The third-order valence-electron chi connectivity index (χ3n) is 5.46. The van der Waals surface area contributed by atoms with Crippen molar-refractivity contribution in [3.63, 3.8) is 0 Å². The number of nitrogens with zero attached hydrogens (tertiary/aromatic N) is 1. The molecule has 0 saturated heterocycles. The van der Waals surface area contributed by atoms with Crippen molar-refractivity contribution < 1.29 is 9.18 Å². The minimum Gasteiger partial charge on any atom is -0.367 e. The summed E-state index contributed by atoms with van der Waals surface area (Å²) in [6, 6.07) is 16.7. The predicted octanol–water partition coefficient (Wildman–Crippen LogP) is 4.84. The highest BCUT2D eigenvalue weighted by molar-refractivity contribution is 5.94. The van der Waals surface area contributed by atoms with Crippen LogP contribution in [0.4, 0.5) is 10.2 Å². The first-order chi connectivity index (χ1) is 13.6. The van der Waals surface area contributed by atoms with E-state index in [0.717, 1.165) is 37.0 Å². The fraction of sp³-hybridized carbons (Fsp3) is 0.304. The normalized spacial score (nSPS) is 19.4. The van der Waals surface area contributed by atoms with Gasteiger partial charge in [-0.15, -0.1) is 0 Å². The van der Waals surface area contributed by atoms with Gasteiger partial charge in [-0.3, -0.25) is 4.79 Å². The highest BCUT2D eigenvalue weighted by atomic mass is 19.1. The number of hydrogen-bond acceptors (Lipinski definition) is 3. The molecule has 1 aliphatic rings. The Morgan fingerprint density at radius 2 is 1.68 bits per heavy atom. The molecule has 1 heterocycles. The van der Waals surface area contributed by atoms with E-state index in [9.17, 15) is 9.18 Å². The first kappa shape index (κ1) is 18.4. The Balaban J connectivity index is 1.34. The monoisotopic (exact) mass is 377 g/mol. The predicted molar refractivity (Wildman–Crippen MR) is 110 cm³/mol. The smallest absolute Gasteiger partial charge is 0.254 e. The number of halogens is 1. The van der Waals surface area contributed by atoms with Crippen LogP contribution in [-0.2, 0) is 0 Å². The standard InChI is InChI=1S/C23H24FN3O/c1-15-14-22(27-21-9-5-3-6-18(15)21)25-16-10-12-17(13-11-16)26-23(28)19-7-2-4-8-20(19)24/h2-9,14,16-17H,10-13H2,1H3,(H,25,27)(H,26,28). The van der Waals surface area contributed by atoms with Crippen LogP contribution >= 0.6 is 0 Å². The van der Waals surface area contributed by atoms with Crippen LogP contribution < -0.4 is 10.6 Å². The van der Waals surface area contributed by atoms with Gasteiger partial charge in [-0.05, 0) is 62.4 Å². The van der Waals surface area contributed by atoms with Crippen LogP contribution in [0.2, 0.25) is 0 Å². The number of rotatable bonds is 4. The molecule has 0 bridgehead atoms. The minimum atomic E-state index is -0.479. The van der Waals surface area contributed by atoms with Crippen LogP contribution in [-0.4, -0.2) is 23.0 Å². The Morgan fingerprint density at radius 3 is 2.46 bits per heavy atom. The number of amides is 1. The number of nitrogens with one attached hydrogen (secondary N) is 2. The van der Waals surface area contributed by atoms with E-state index in [0.29, 0.717) is 6.04 Å². The summed E-state index contributed by atoms with van der Waals surface area (Å²) in [7, 11) is 0. The Bertz CT molecular complexity index is 996. The molecule has 4 nitrogen and oxygen atoms in total. The van der Waals surface area contributed by atoms with E-state index in [1.54, 1.807) is 12.1 Å². The molecular formula is C23H24FN3O. The first-order valence-corrected chi connectivity index (χ1v) is 9.78. The van der Waals surface area contributed by atoms with Crippen molar-refractivity contribution in [3.05, 3.63) is 71.5 Å². The van der Waals surface area contributed by atoms with Gasteiger partial charge in [0.25, 0.3) is 5.91 Å². The number of carbonyl (C=O) groups is 1. The summed E-state index contributed by atoms with van der Waals surface area (Å²) < 4.78 is 13.8. The lowest BCUT2D eigenvalue weighted by atomic mass is 9.91. The van der Waals surface area contributed by atoms with E-state index in [1.807, 2.05) is 18.2 Å². The van der Waals surface area contributed by atoms with Crippen molar-refractivity contribution in [2.75, 3.05) is 5.32 Å². The van der Waals surface area contributed by atoms with E-state index in [4.69, 9.17) is 4.98 Å². The van der Waals surface area contributed by atoms with Crippen LogP contribution in [0.3, 0.4) is 0 Å². The number of hydrogen-bond donors (Lipinski definition) is 2. The molecule has 0 spiro atoms. The van der Waals surface area contributed by atoms with Gasteiger partial charge in [0.2, 0.25) is 0 Å². The van der Waals surface area contributed by atoms with Crippen LogP contribution in [0.1, 0.15) is 41.6 Å². The molecule has 3 aromatic rings. The summed E-state index contributed by atoms with van der Waals surface area (Å²) in [5.74, 6) is 0.0875. The Hall–Kier alpha value is -2.95. The van der Waals surface area contributed by atoms with Crippen LogP contribution in [0.25, 0.3) is 10.9 Å². The third-order valence-corrected chi connectivity index (χ3v) is 5.46. The molecule has 1 fully saturated rings. The fourth-order valence-corrected chi connectivity index (χ4v) is 3.92. The molecule has 1 aromatic heterocycles. The highest BCUT2D eigenvalue weighted by Crippen LogP contribution is 2.25. The molecule has 5 heteroatoms. The van der Waals surface area contributed by atoms with Crippen molar-refractivity contribution in [2.45, 2.75) is 44.7 Å². The summed E-state index contributed by atoms with van der Waals surface area (Å²) in [6.45, 7) is 2.10. The summed E-state index contributed by atoms with van der Waals surface area (Å²) in [6.07, 6.45) is 3.61. The lowest BCUT2D eigenvalue weighted by Crippen LogP contribution is -2.40. The summed E-state index contributed by atoms with van der Waals surface area (Å²) in [5, 5.41) is 7.69. The molecule has 2 N–H and O–H groups in total. The molecule has 2 aromatic carbocycles.